The molecule has 3 aliphatic carbocycles. The fourth-order valence-corrected chi connectivity index (χ4v) is 7.76. The third-order valence-electron chi connectivity index (χ3n) is 8.78. The van der Waals surface area contributed by atoms with Crippen molar-refractivity contribution in [2.75, 3.05) is 6.54 Å². The maximum absolute atomic E-state index is 12.4. The van der Waals surface area contributed by atoms with Crippen LogP contribution in [-0.2, 0) is 4.79 Å². The molecule has 1 saturated heterocycles. The molecule has 4 aliphatic rings. The van der Waals surface area contributed by atoms with Crippen LogP contribution in [0.1, 0.15) is 66.2 Å². The lowest BCUT2D eigenvalue weighted by Crippen LogP contribution is -2.59. The summed E-state index contributed by atoms with van der Waals surface area (Å²) in [6.07, 6.45) is 7.10. The van der Waals surface area contributed by atoms with Gasteiger partial charge in [-0.05, 0) is 75.0 Å². The second-order valence-corrected chi connectivity index (χ2v) is 9.88. The minimum absolute atomic E-state index is 0.0331. The Bertz CT molecular complexity index is 629. The minimum atomic E-state index is -0.346. The molecular formula is C22H35NO3. The van der Waals surface area contributed by atoms with E-state index in [1.807, 2.05) is 11.8 Å². The molecule has 146 valence electrons. The molecule has 0 aromatic carbocycles. The molecule has 0 aromatic rings. The van der Waals surface area contributed by atoms with E-state index in [1.54, 1.807) is 0 Å². The minimum Gasteiger partial charge on any atom is -0.393 e. The number of piperidine rings is 1. The molecule has 1 heterocycles. The van der Waals surface area contributed by atoms with E-state index in [2.05, 4.69) is 26.8 Å². The topological polar surface area (TPSA) is 60.8 Å². The molecule has 4 rings (SSSR count). The van der Waals surface area contributed by atoms with Crippen molar-refractivity contribution in [3.63, 3.8) is 0 Å². The quantitative estimate of drug-likeness (QED) is 0.793. The Hall–Kier alpha value is -0.870. The Morgan fingerprint density at radius 2 is 2.08 bits per heavy atom. The van der Waals surface area contributed by atoms with Crippen LogP contribution in [0.3, 0.4) is 0 Å². The molecular weight excluding hydrogens is 326 g/mol. The van der Waals surface area contributed by atoms with E-state index in [1.165, 1.54) is 5.70 Å². The SMILES string of the molecule is CCN1C(=O)CCC2(C)C1=CCC1C2C(O)CC2(C)C(C(C)O)CCC12. The van der Waals surface area contributed by atoms with Gasteiger partial charge in [0.2, 0.25) is 5.91 Å². The summed E-state index contributed by atoms with van der Waals surface area (Å²) in [5, 5.41) is 21.7. The van der Waals surface area contributed by atoms with Gasteiger partial charge >= 0.3 is 0 Å². The number of likely N-dealkylation sites (tertiary alicyclic amines) is 1. The van der Waals surface area contributed by atoms with E-state index in [0.717, 1.165) is 38.6 Å². The van der Waals surface area contributed by atoms with Crippen molar-refractivity contribution in [2.45, 2.75) is 78.4 Å². The van der Waals surface area contributed by atoms with Crippen LogP contribution in [0.2, 0.25) is 0 Å². The third kappa shape index (κ3) is 2.30. The molecule has 4 nitrogen and oxygen atoms in total. The highest BCUT2D eigenvalue weighted by atomic mass is 16.3. The van der Waals surface area contributed by atoms with Gasteiger partial charge in [0.1, 0.15) is 0 Å². The normalized spacial score (nSPS) is 49.2. The zero-order valence-corrected chi connectivity index (χ0v) is 16.7. The lowest BCUT2D eigenvalue weighted by Gasteiger charge is -2.60. The first kappa shape index (κ1) is 18.5. The molecule has 0 radical (unpaired) electrons. The van der Waals surface area contributed by atoms with Crippen LogP contribution in [0.25, 0.3) is 0 Å². The number of aliphatic hydroxyl groups is 2. The molecule has 1 aliphatic heterocycles. The lowest BCUT2D eigenvalue weighted by molar-refractivity contribution is -0.151. The zero-order chi connectivity index (χ0) is 18.9. The molecule has 2 saturated carbocycles. The van der Waals surface area contributed by atoms with Gasteiger partial charge in [0, 0.05) is 24.1 Å². The highest BCUT2D eigenvalue weighted by Crippen LogP contribution is 2.66. The van der Waals surface area contributed by atoms with Gasteiger partial charge in [0.05, 0.1) is 12.2 Å². The first-order chi connectivity index (χ1) is 12.2. The van der Waals surface area contributed by atoms with Gasteiger partial charge in [0.25, 0.3) is 0 Å². The molecule has 0 bridgehead atoms. The van der Waals surface area contributed by atoms with Crippen molar-refractivity contribution in [2.24, 2.45) is 34.5 Å². The molecule has 0 aromatic heterocycles. The number of aliphatic hydroxyl groups excluding tert-OH is 2. The van der Waals surface area contributed by atoms with Gasteiger partial charge in [-0.25, -0.2) is 0 Å². The van der Waals surface area contributed by atoms with Crippen LogP contribution >= 0.6 is 0 Å². The van der Waals surface area contributed by atoms with Crippen molar-refractivity contribution >= 4 is 5.91 Å². The van der Waals surface area contributed by atoms with Crippen molar-refractivity contribution < 1.29 is 15.0 Å². The van der Waals surface area contributed by atoms with Crippen molar-refractivity contribution in [1.29, 1.82) is 0 Å². The highest BCUT2D eigenvalue weighted by molar-refractivity contribution is 5.80. The van der Waals surface area contributed by atoms with E-state index in [4.69, 9.17) is 0 Å². The van der Waals surface area contributed by atoms with Gasteiger partial charge in [-0.1, -0.05) is 19.9 Å². The number of carbonyl (C=O) groups is 1. The summed E-state index contributed by atoms with van der Waals surface area (Å²) in [5.74, 6) is 1.79. The van der Waals surface area contributed by atoms with Crippen molar-refractivity contribution in [3.8, 4) is 0 Å². The Morgan fingerprint density at radius 3 is 2.73 bits per heavy atom. The Morgan fingerprint density at radius 1 is 1.35 bits per heavy atom. The molecule has 8 unspecified atom stereocenters. The second-order valence-electron chi connectivity index (χ2n) is 9.88. The molecule has 8 atom stereocenters. The number of carbonyl (C=O) groups excluding carboxylic acids is 1. The Kier molecular flexibility index (Phi) is 4.31. The second kappa shape index (κ2) is 6.07. The predicted molar refractivity (Wildman–Crippen MR) is 101 cm³/mol. The van der Waals surface area contributed by atoms with Crippen LogP contribution in [-0.4, -0.2) is 39.8 Å². The van der Waals surface area contributed by atoms with E-state index in [-0.39, 0.29) is 34.9 Å². The van der Waals surface area contributed by atoms with Crippen molar-refractivity contribution in [3.05, 3.63) is 11.8 Å². The largest absolute Gasteiger partial charge is 0.393 e. The monoisotopic (exact) mass is 361 g/mol. The Labute approximate surface area is 157 Å². The Balaban J connectivity index is 1.73. The summed E-state index contributed by atoms with van der Waals surface area (Å²) in [7, 11) is 0. The summed E-state index contributed by atoms with van der Waals surface area (Å²) in [5.41, 5.74) is 1.10. The summed E-state index contributed by atoms with van der Waals surface area (Å²) in [6.45, 7) is 9.29. The van der Waals surface area contributed by atoms with Crippen LogP contribution in [0.4, 0.5) is 0 Å². The maximum Gasteiger partial charge on any atom is 0.226 e. The number of fused-ring (bicyclic) bond motifs is 5. The van der Waals surface area contributed by atoms with E-state index in [0.29, 0.717) is 24.2 Å². The molecule has 26 heavy (non-hydrogen) atoms. The summed E-state index contributed by atoms with van der Waals surface area (Å²) < 4.78 is 0. The van der Waals surface area contributed by atoms with Crippen LogP contribution in [0.15, 0.2) is 11.8 Å². The van der Waals surface area contributed by atoms with E-state index >= 15 is 0 Å². The average molecular weight is 362 g/mol. The maximum atomic E-state index is 12.4. The molecule has 4 heteroatoms. The van der Waals surface area contributed by atoms with E-state index < -0.39 is 0 Å². The highest BCUT2D eigenvalue weighted by Gasteiger charge is 2.62. The number of nitrogens with zero attached hydrogens (tertiary/aromatic N) is 1. The standard InChI is InChI=1S/C22H35NO3/c1-5-23-18-9-6-14-16-8-7-15(13(2)24)22(16,4)12-17(25)20(14)21(18,3)11-10-19(23)26/h9,13-17,20,24-25H,5-8,10-12H2,1-4H3. The van der Waals surface area contributed by atoms with Crippen molar-refractivity contribution in [1.82, 2.24) is 4.90 Å². The molecule has 3 fully saturated rings. The third-order valence-corrected chi connectivity index (χ3v) is 8.78. The zero-order valence-electron chi connectivity index (χ0n) is 16.7. The molecule has 0 spiro atoms. The van der Waals surface area contributed by atoms with Crippen LogP contribution < -0.4 is 0 Å². The van der Waals surface area contributed by atoms with Gasteiger partial charge in [-0.3, -0.25) is 4.79 Å². The fraction of sp³-hybridized carbons (Fsp3) is 0.864. The van der Waals surface area contributed by atoms with Gasteiger partial charge in [0.15, 0.2) is 0 Å². The molecule has 1 amide bonds. The number of hydrogen-bond donors (Lipinski definition) is 2. The van der Waals surface area contributed by atoms with E-state index in [9.17, 15) is 15.0 Å². The summed E-state index contributed by atoms with van der Waals surface area (Å²) >= 11 is 0. The summed E-state index contributed by atoms with van der Waals surface area (Å²) in [6, 6.07) is 0. The van der Waals surface area contributed by atoms with Crippen LogP contribution in [0, 0.1) is 34.5 Å². The lowest BCUT2D eigenvalue weighted by atomic mass is 9.47. The van der Waals surface area contributed by atoms with Gasteiger partial charge in [-0.2, -0.15) is 0 Å². The first-order valence-corrected chi connectivity index (χ1v) is 10.6. The smallest absolute Gasteiger partial charge is 0.226 e. The number of rotatable bonds is 2. The van der Waals surface area contributed by atoms with Crippen LogP contribution in [0.5, 0.6) is 0 Å². The van der Waals surface area contributed by atoms with Gasteiger partial charge < -0.3 is 15.1 Å². The average Bonchev–Trinajstić information content (AvgIpc) is 2.91. The fourth-order valence-electron chi connectivity index (χ4n) is 7.76. The first-order valence-electron chi connectivity index (χ1n) is 10.6. The summed E-state index contributed by atoms with van der Waals surface area (Å²) in [4.78, 5) is 14.4. The number of amides is 1. The van der Waals surface area contributed by atoms with Gasteiger partial charge in [-0.15, -0.1) is 0 Å². The number of allylic oxidation sites excluding steroid dienone is 2. The molecule has 2 N–H and O–H groups in total. The predicted octanol–water partition coefficient (Wildman–Crippen LogP) is 3.33. The number of hydrogen-bond acceptors (Lipinski definition) is 3.